The molecule has 33 heavy (non-hydrogen) atoms. The molecule has 0 spiro atoms. The largest absolute Gasteiger partial charge is 0.478 e. The Hall–Kier alpha value is -3.22. The van der Waals surface area contributed by atoms with Gasteiger partial charge in [-0.1, -0.05) is 45.9 Å². The van der Waals surface area contributed by atoms with Gasteiger partial charge in [-0.3, -0.25) is 4.79 Å². The van der Waals surface area contributed by atoms with Crippen molar-refractivity contribution in [3.63, 3.8) is 0 Å². The molecular formula is C26H32N4O3. The van der Waals surface area contributed by atoms with Crippen LogP contribution in [0.2, 0.25) is 0 Å². The molecule has 1 saturated carbocycles. The van der Waals surface area contributed by atoms with Crippen LogP contribution in [0.1, 0.15) is 76.4 Å². The van der Waals surface area contributed by atoms with Gasteiger partial charge >= 0.3 is 5.97 Å². The molecule has 1 aliphatic carbocycles. The minimum absolute atomic E-state index is 0.203. The van der Waals surface area contributed by atoms with E-state index in [9.17, 15) is 9.59 Å². The molecule has 0 unspecified atom stereocenters. The van der Waals surface area contributed by atoms with Crippen molar-refractivity contribution in [2.75, 3.05) is 0 Å². The second-order valence-electron chi connectivity index (χ2n) is 10.0. The summed E-state index contributed by atoms with van der Waals surface area (Å²) in [6.07, 6.45) is 7.67. The second-order valence-corrected chi connectivity index (χ2v) is 10.0. The Balaban J connectivity index is 1.75. The van der Waals surface area contributed by atoms with Crippen LogP contribution in [0.4, 0.5) is 0 Å². The van der Waals surface area contributed by atoms with Gasteiger partial charge in [-0.25, -0.2) is 14.3 Å². The fourth-order valence-corrected chi connectivity index (χ4v) is 4.91. The number of aliphatic carboxylic acids is 1. The lowest BCUT2D eigenvalue weighted by atomic mass is 9.70. The van der Waals surface area contributed by atoms with Gasteiger partial charge in [0.2, 0.25) is 0 Å². The Labute approximate surface area is 193 Å². The molecule has 0 aliphatic heterocycles. The molecule has 4 rings (SSSR count). The van der Waals surface area contributed by atoms with Gasteiger partial charge in [-0.05, 0) is 61.1 Å². The number of rotatable bonds is 5. The maximum atomic E-state index is 13.1. The van der Waals surface area contributed by atoms with Crippen LogP contribution < -0.4 is 5.56 Å². The van der Waals surface area contributed by atoms with Gasteiger partial charge in [-0.2, -0.15) is 0 Å². The summed E-state index contributed by atoms with van der Waals surface area (Å²) in [6, 6.07) is 7.30. The molecule has 1 aromatic carbocycles. The minimum atomic E-state index is -1.01. The van der Waals surface area contributed by atoms with Crippen molar-refractivity contribution in [3.05, 3.63) is 57.8 Å². The summed E-state index contributed by atoms with van der Waals surface area (Å²) in [5, 5.41) is 13.7. The third-order valence-electron chi connectivity index (χ3n) is 6.83. The zero-order valence-corrected chi connectivity index (χ0v) is 19.8. The molecular weight excluding hydrogens is 416 g/mol. The van der Waals surface area contributed by atoms with Crippen molar-refractivity contribution < 1.29 is 9.90 Å². The molecule has 0 bridgehead atoms. The van der Waals surface area contributed by atoms with Gasteiger partial charge in [0.05, 0.1) is 5.69 Å². The van der Waals surface area contributed by atoms with Gasteiger partial charge in [0, 0.05) is 17.6 Å². The number of hydrogen-bond donors (Lipinski definition) is 2. The number of H-pyrrole nitrogens is 1. The zero-order valence-electron chi connectivity index (χ0n) is 19.8. The van der Waals surface area contributed by atoms with E-state index >= 15 is 0 Å². The first-order valence-corrected chi connectivity index (χ1v) is 11.7. The predicted octanol–water partition coefficient (Wildman–Crippen LogP) is 5.06. The van der Waals surface area contributed by atoms with Crippen LogP contribution in [0.15, 0.2) is 35.1 Å². The standard InChI is InChI=1S/C26H32N4O3/c1-5-20-22-25(33)28-23(18-8-6-7-16(15-18)9-14-21(31)32)29-30(22)24(27-20)17-10-12-19(13-11-17)26(2,3)4/h6-9,14-15,17,19H,5,10-13H2,1-4H3,(H,31,32)(H,28,29,33)/t17-,19+. The summed E-state index contributed by atoms with van der Waals surface area (Å²) >= 11 is 0. The van der Waals surface area contributed by atoms with E-state index in [2.05, 4.69) is 25.8 Å². The average molecular weight is 449 g/mol. The van der Waals surface area contributed by atoms with E-state index in [0.717, 1.165) is 54.4 Å². The number of carbonyl (C=O) groups is 1. The quantitative estimate of drug-likeness (QED) is 0.531. The molecule has 174 valence electrons. The first-order chi connectivity index (χ1) is 15.7. The summed E-state index contributed by atoms with van der Waals surface area (Å²) in [6.45, 7) is 8.94. The van der Waals surface area contributed by atoms with Gasteiger partial charge in [-0.15, -0.1) is 5.10 Å². The number of fused-ring (bicyclic) bond motifs is 1. The Kier molecular flexibility index (Phi) is 6.23. The summed E-state index contributed by atoms with van der Waals surface area (Å²) in [5.41, 5.74) is 2.84. The first-order valence-electron chi connectivity index (χ1n) is 11.7. The number of imidazole rings is 1. The van der Waals surface area contributed by atoms with Crippen molar-refractivity contribution in [2.24, 2.45) is 11.3 Å². The van der Waals surface area contributed by atoms with Gasteiger partial charge in [0.15, 0.2) is 11.3 Å². The molecule has 1 aliphatic rings. The average Bonchev–Trinajstić information content (AvgIpc) is 3.17. The maximum absolute atomic E-state index is 13.1. The van der Waals surface area contributed by atoms with Crippen LogP contribution in [0.5, 0.6) is 0 Å². The minimum Gasteiger partial charge on any atom is -0.478 e. The molecule has 0 atom stereocenters. The maximum Gasteiger partial charge on any atom is 0.328 e. The fraction of sp³-hybridized carbons (Fsp3) is 0.462. The van der Waals surface area contributed by atoms with Gasteiger partial charge in [0.1, 0.15) is 5.82 Å². The van der Waals surface area contributed by atoms with Crippen LogP contribution in [0.25, 0.3) is 23.0 Å². The summed E-state index contributed by atoms with van der Waals surface area (Å²) in [4.78, 5) is 31.7. The lowest BCUT2D eigenvalue weighted by molar-refractivity contribution is -0.131. The topological polar surface area (TPSA) is 100 Å². The van der Waals surface area contributed by atoms with Crippen molar-refractivity contribution in [1.29, 1.82) is 0 Å². The molecule has 0 saturated heterocycles. The lowest BCUT2D eigenvalue weighted by Gasteiger charge is -2.36. The molecule has 2 N–H and O–H groups in total. The predicted molar refractivity (Wildman–Crippen MR) is 129 cm³/mol. The van der Waals surface area contributed by atoms with E-state index < -0.39 is 5.97 Å². The van der Waals surface area contributed by atoms with Crippen molar-refractivity contribution in [3.8, 4) is 11.4 Å². The molecule has 2 heterocycles. The number of aromatic nitrogens is 4. The number of aromatic amines is 1. The Morgan fingerprint density at radius 3 is 2.61 bits per heavy atom. The number of hydrogen-bond acceptors (Lipinski definition) is 4. The molecule has 3 aromatic rings. The van der Waals surface area contributed by atoms with Crippen LogP contribution in [0.3, 0.4) is 0 Å². The van der Waals surface area contributed by atoms with E-state index in [1.807, 2.05) is 31.2 Å². The number of nitrogens with one attached hydrogen (secondary N) is 1. The molecule has 7 nitrogen and oxygen atoms in total. The smallest absolute Gasteiger partial charge is 0.328 e. The SMILES string of the molecule is CCc1nc([C@H]2CC[C@@H](C(C)(C)C)CC2)n2nc(-c3cccc(C=CC(=O)O)c3)[nH]c(=O)c12. The van der Waals surface area contributed by atoms with Gasteiger partial charge in [0.25, 0.3) is 5.56 Å². The highest BCUT2D eigenvalue weighted by molar-refractivity contribution is 5.85. The van der Waals surface area contributed by atoms with Crippen LogP contribution >= 0.6 is 0 Å². The third-order valence-corrected chi connectivity index (χ3v) is 6.83. The number of carboxylic acid groups (broad SMARTS) is 1. The molecule has 2 aromatic heterocycles. The van der Waals surface area contributed by atoms with Crippen molar-refractivity contribution >= 4 is 17.6 Å². The third kappa shape index (κ3) is 4.77. The van der Waals surface area contributed by atoms with E-state index in [1.165, 1.54) is 6.08 Å². The Morgan fingerprint density at radius 2 is 1.97 bits per heavy atom. The Bertz CT molecular complexity index is 1250. The summed E-state index contributed by atoms with van der Waals surface area (Å²) < 4.78 is 1.76. The molecule has 7 heteroatoms. The zero-order chi connectivity index (χ0) is 23.8. The fourth-order valence-electron chi connectivity index (χ4n) is 4.91. The molecule has 0 radical (unpaired) electrons. The molecule has 1 fully saturated rings. The summed E-state index contributed by atoms with van der Waals surface area (Å²) in [7, 11) is 0. The summed E-state index contributed by atoms with van der Waals surface area (Å²) in [5.74, 6) is 1.29. The van der Waals surface area contributed by atoms with Crippen LogP contribution in [-0.4, -0.2) is 30.7 Å². The number of benzene rings is 1. The highest BCUT2D eigenvalue weighted by Crippen LogP contribution is 2.43. The van der Waals surface area contributed by atoms with Crippen LogP contribution in [-0.2, 0) is 11.2 Å². The van der Waals surface area contributed by atoms with E-state index in [-0.39, 0.29) is 11.5 Å². The number of aryl methyl sites for hydroxylation is 1. The van der Waals surface area contributed by atoms with Gasteiger partial charge < -0.3 is 10.1 Å². The monoisotopic (exact) mass is 448 g/mol. The van der Waals surface area contributed by atoms with Crippen molar-refractivity contribution in [1.82, 2.24) is 19.6 Å². The lowest BCUT2D eigenvalue weighted by Crippen LogP contribution is -2.26. The molecule has 0 amide bonds. The highest BCUT2D eigenvalue weighted by Gasteiger charge is 2.32. The number of nitrogens with zero attached hydrogens (tertiary/aromatic N) is 3. The second kappa shape index (κ2) is 8.96. The van der Waals surface area contributed by atoms with Crippen molar-refractivity contribution in [2.45, 2.75) is 65.7 Å². The Morgan fingerprint density at radius 1 is 1.24 bits per heavy atom. The van der Waals surface area contributed by atoms with E-state index in [4.69, 9.17) is 15.2 Å². The number of carboxylic acids is 1. The highest BCUT2D eigenvalue weighted by atomic mass is 16.4. The first kappa shape index (κ1) is 23.0. The van der Waals surface area contributed by atoms with Crippen LogP contribution in [0, 0.1) is 11.3 Å². The van der Waals surface area contributed by atoms with E-state index in [0.29, 0.717) is 29.1 Å². The normalized spacial score (nSPS) is 19.4. The van der Waals surface area contributed by atoms with E-state index in [1.54, 1.807) is 4.52 Å².